The Morgan fingerprint density at radius 1 is 1.60 bits per heavy atom. The Kier molecular flexibility index (Phi) is 2.93. The van der Waals surface area contributed by atoms with Crippen LogP contribution in [0.25, 0.3) is 0 Å². The first-order valence-corrected chi connectivity index (χ1v) is 6.17. The SMILES string of the molecule is CCc1nsc(NC(C)(CO)C2CC2)n1. The van der Waals surface area contributed by atoms with Gasteiger partial charge >= 0.3 is 0 Å². The first kappa shape index (κ1) is 10.8. The molecule has 0 aliphatic heterocycles. The van der Waals surface area contributed by atoms with Gasteiger partial charge in [0, 0.05) is 18.0 Å². The maximum Gasteiger partial charge on any atom is 0.203 e. The first-order valence-electron chi connectivity index (χ1n) is 5.39. The Hall–Kier alpha value is -0.680. The van der Waals surface area contributed by atoms with Crippen LogP contribution in [0.5, 0.6) is 0 Å². The monoisotopic (exact) mass is 227 g/mol. The summed E-state index contributed by atoms with van der Waals surface area (Å²) in [4.78, 5) is 4.36. The number of aromatic nitrogens is 2. The normalized spacial score (nSPS) is 19.9. The summed E-state index contributed by atoms with van der Waals surface area (Å²) in [5, 5.41) is 13.6. The first-order chi connectivity index (χ1) is 7.18. The highest BCUT2D eigenvalue weighted by molar-refractivity contribution is 7.09. The Morgan fingerprint density at radius 3 is 2.80 bits per heavy atom. The van der Waals surface area contributed by atoms with Gasteiger partial charge in [-0.3, -0.25) is 0 Å². The average Bonchev–Trinajstić information content (AvgIpc) is 3.01. The minimum absolute atomic E-state index is 0.151. The summed E-state index contributed by atoms with van der Waals surface area (Å²) in [7, 11) is 0. The van der Waals surface area contributed by atoms with Crippen LogP contribution in [-0.2, 0) is 6.42 Å². The molecule has 0 radical (unpaired) electrons. The third-order valence-electron chi connectivity index (χ3n) is 2.98. The van der Waals surface area contributed by atoms with Crippen molar-refractivity contribution in [1.29, 1.82) is 0 Å². The minimum atomic E-state index is -0.218. The van der Waals surface area contributed by atoms with Crippen LogP contribution in [0.3, 0.4) is 0 Å². The lowest BCUT2D eigenvalue weighted by Crippen LogP contribution is -2.41. The lowest BCUT2D eigenvalue weighted by molar-refractivity contribution is 0.206. The maximum atomic E-state index is 9.41. The molecule has 1 fully saturated rings. The van der Waals surface area contributed by atoms with Gasteiger partial charge in [-0.25, -0.2) is 4.98 Å². The van der Waals surface area contributed by atoms with Gasteiger partial charge in [0.2, 0.25) is 5.13 Å². The van der Waals surface area contributed by atoms with Crippen LogP contribution in [0.1, 0.15) is 32.5 Å². The molecule has 2 N–H and O–H groups in total. The number of hydrogen-bond acceptors (Lipinski definition) is 5. The van der Waals surface area contributed by atoms with Crippen molar-refractivity contribution in [2.75, 3.05) is 11.9 Å². The fourth-order valence-electron chi connectivity index (χ4n) is 1.68. The Balaban J connectivity index is 2.05. The van der Waals surface area contributed by atoms with Gasteiger partial charge in [0.1, 0.15) is 5.82 Å². The second kappa shape index (κ2) is 4.06. The molecule has 1 heterocycles. The predicted octanol–water partition coefficient (Wildman–Crippen LogP) is 1.67. The van der Waals surface area contributed by atoms with Crippen molar-refractivity contribution in [3.05, 3.63) is 5.82 Å². The predicted molar refractivity (Wildman–Crippen MR) is 61.1 cm³/mol. The molecule has 1 saturated carbocycles. The van der Waals surface area contributed by atoms with Crippen LogP contribution in [0.4, 0.5) is 5.13 Å². The van der Waals surface area contributed by atoms with Gasteiger partial charge in [0.05, 0.1) is 12.1 Å². The molecule has 1 aromatic heterocycles. The zero-order valence-corrected chi connectivity index (χ0v) is 9.97. The third kappa shape index (κ3) is 2.29. The van der Waals surface area contributed by atoms with Crippen molar-refractivity contribution in [2.24, 2.45) is 5.92 Å². The maximum absolute atomic E-state index is 9.41. The molecule has 15 heavy (non-hydrogen) atoms. The number of anilines is 1. The summed E-state index contributed by atoms with van der Waals surface area (Å²) >= 11 is 1.38. The molecule has 1 aromatic rings. The van der Waals surface area contributed by atoms with E-state index in [1.54, 1.807) is 0 Å². The number of nitrogens with one attached hydrogen (secondary N) is 1. The fourth-order valence-corrected chi connectivity index (χ4v) is 2.47. The molecule has 4 nitrogen and oxygen atoms in total. The quantitative estimate of drug-likeness (QED) is 0.803. The second-order valence-corrected chi connectivity index (χ2v) is 5.10. The molecule has 84 valence electrons. The van der Waals surface area contributed by atoms with Crippen molar-refractivity contribution in [3.63, 3.8) is 0 Å². The van der Waals surface area contributed by atoms with E-state index in [2.05, 4.69) is 21.6 Å². The van der Waals surface area contributed by atoms with Crippen molar-refractivity contribution < 1.29 is 5.11 Å². The molecule has 0 amide bonds. The number of hydrogen-bond donors (Lipinski definition) is 2. The van der Waals surface area contributed by atoms with E-state index in [1.807, 2.05) is 6.92 Å². The molecule has 1 atom stereocenters. The molecule has 1 aliphatic carbocycles. The number of aryl methyl sites for hydroxylation is 1. The number of aliphatic hydroxyl groups excluding tert-OH is 1. The zero-order valence-electron chi connectivity index (χ0n) is 9.16. The summed E-state index contributed by atoms with van der Waals surface area (Å²) in [6.45, 7) is 4.24. The van der Waals surface area contributed by atoms with E-state index in [9.17, 15) is 5.11 Å². The van der Waals surface area contributed by atoms with Crippen molar-refractivity contribution in [2.45, 2.75) is 38.6 Å². The molecule has 0 aromatic carbocycles. The molecular formula is C10H17N3OS. The number of rotatable bonds is 5. The lowest BCUT2D eigenvalue weighted by atomic mass is 9.97. The molecule has 0 spiro atoms. The van der Waals surface area contributed by atoms with E-state index in [0.29, 0.717) is 5.92 Å². The van der Waals surface area contributed by atoms with Gasteiger partial charge in [-0.05, 0) is 25.7 Å². The topological polar surface area (TPSA) is 58.0 Å². The van der Waals surface area contributed by atoms with E-state index >= 15 is 0 Å². The third-order valence-corrected chi connectivity index (χ3v) is 3.65. The Morgan fingerprint density at radius 2 is 2.33 bits per heavy atom. The highest BCUT2D eigenvalue weighted by atomic mass is 32.1. The van der Waals surface area contributed by atoms with Crippen LogP contribution < -0.4 is 5.32 Å². The molecular weight excluding hydrogens is 210 g/mol. The lowest BCUT2D eigenvalue weighted by Gasteiger charge is -2.28. The van der Waals surface area contributed by atoms with Crippen LogP contribution >= 0.6 is 11.5 Å². The summed E-state index contributed by atoms with van der Waals surface area (Å²) in [5.74, 6) is 1.45. The number of nitrogens with zero attached hydrogens (tertiary/aromatic N) is 2. The van der Waals surface area contributed by atoms with Crippen LogP contribution in [0.2, 0.25) is 0 Å². The Labute approximate surface area is 93.9 Å². The summed E-state index contributed by atoms with van der Waals surface area (Å²) in [5.41, 5.74) is -0.218. The average molecular weight is 227 g/mol. The van der Waals surface area contributed by atoms with Gasteiger partial charge in [-0.2, -0.15) is 4.37 Å². The summed E-state index contributed by atoms with van der Waals surface area (Å²) < 4.78 is 4.22. The molecule has 0 bridgehead atoms. The highest BCUT2D eigenvalue weighted by Gasteiger charge is 2.41. The summed E-state index contributed by atoms with van der Waals surface area (Å²) in [6.07, 6.45) is 3.25. The minimum Gasteiger partial charge on any atom is -0.394 e. The largest absolute Gasteiger partial charge is 0.394 e. The molecule has 2 rings (SSSR count). The van der Waals surface area contributed by atoms with E-state index in [-0.39, 0.29) is 12.1 Å². The van der Waals surface area contributed by atoms with Gasteiger partial charge in [-0.1, -0.05) is 6.92 Å². The molecule has 1 unspecified atom stereocenters. The Bertz CT molecular complexity index is 337. The van der Waals surface area contributed by atoms with Gasteiger partial charge in [-0.15, -0.1) is 0 Å². The van der Waals surface area contributed by atoms with Gasteiger partial charge < -0.3 is 10.4 Å². The van der Waals surface area contributed by atoms with E-state index < -0.39 is 0 Å². The molecule has 1 aliphatic rings. The highest BCUT2D eigenvalue weighted by Crippen LogP contribution is 2.41. The van der Waals surface area contributed by atoms with Crippen molar-refractivity contribution in [1.82, 2.24) is 9.36 Å². The van der Waals surface area contributed by atoms with Crippen molar-refractivity contribution >= 4 is 16.7 Å². The van der Waals surface area contributed by atoms with Gasteiger partial charge in [0.25, 0.3) is 0 Å². The van der Waals surface area contributed by atoms with Crippen LogP contribution in [0.15, 0.2) is 0 Å². The number of aliphatic hydroxyl groups is 1. The molecule has 5 heteroatoms. The zero-order chi connectivity index (χ0) is 10.9. The van der Waals surface area contributed by atoms with E-state index in [4.69, 9.17) is 0 Å². The van der Waals surface area contributed by atoms with E-state index in [0.717, 1.165) is 17.4 Å². The van der Waals surface area contributed by atoms with E-state index in [1.165, 1.54) is 24.4 Å². The van der Waals surface area contributed by atoms with Crippen LogP contribution in [-0.4, -0.2) is 26.6 Å². The van der Waals surface area contributed by atoms with Crippen molar-refractivity contribution in [3.8, 4) is 0 Å². The fraction of sp³-hybridized carbons (Fsp3) is 0.800. The standard InChI is InChI=1S/C10H17N3OS/c1-3-8-11-9(15-13-8)12-10(2,6-14)7-4-5-7/h7,14H,3-6H2,1-2H3,(H,11,12,13). The smallest absolute Gasteiger partial charge is 0.203 e. The molecule has 0 saturated heterocycles. The van der Waals surface area contributed by atoms with Crippen LogP contribution in [0, 0.1) is 5.92 Å². The van der Waals surface area contributed by atoms with Gasteiger partial charge in [0.15, 0.2) is 0 Å². The summed E-state index contributed by atoms with van der Waals surface area (Å²) in [6, 6.07) is 0. The second-order valence-electron chi connectivity index (χ2n) is 4.34.